The molecule has 0 aliphatic rings. The maximum Gasteiger partial charge on any atom is 0.306 e. The van der Waals surface area contributed by atoms with Crippen LogP contribution in [0.1, 0.15) is 226 Å². The first-order valence-corrected chi connectivity index (χ1v) is 30.0. The van der Waals surface area contributed by atoms with E-state index >= 15 is 0 Å². The molecule has 0 aromatic heterocycles. The summed E-state index contributed by atoms with van der Waals surface area (Å²) in [7, 11) is 1.14. The van der Waals surface area contributed by atoms with E-state index in [0.29, 0.717) is 23.9 Å². The Morgan fingerprint density at radius 2 is 0.915 bits per heavy atom. The van der Waals surface area contributed by atoms with Crippen LogP contribution in [0, 0.1) is 0 Å². The third kappa shape index (κ3) is 51.6. The van der Waals surface area contributed by atoms with Crippen LogP contribution in [0.4, 0.5) is 0 Å². The van der Waals surface area contributed by atoms with Crippen molar-refractivity contribution in [1.82, 2.24) is 5.32 Å². The lowest BCUT2D eigenvalue weighted by molar-refractivity contribution is -0.870. The van der Waals surface area contributed by atoms with Crippen molar-refractivity contribution >= 4 is 19.7 Å². The Bertz CT molecular complexity index is 1540. The van der Waals surface area contributed by atoms with Gasteiger partial charge in [-0.15, -0.1) is 0 Å². The molecule has 408 valence electrons. The summed E-state index contributed by atoms with van der Waals surface area (Å²) < 4.78 is 30.2. The van der Waals surface area contributed by atoms with Crippen molar-refractivity contribution in [3.05, 3.63) is 97.2 Å². The number of nitrogens with zero attached hydrogens (tertiary/aromatic N) is 1. The summed E-state index contributed by atoms with van der Waals surface area (Å²) in [6, 6.07) is -0.918. The number of amides is 1. The Labute approximate surface area is 437 Å². The molecule has 0 saturated heterocycles. The molecule has 9 nitrogen and oxygen atoms in total. The van der Waals surface area contributed by atoms with Gasteiger partial charge in [-0.3, -0.25) is 14.2 Å². The topological polar surface area (TPSA) is 114 Å². The molecule has 10 heteroatoms. The van der Waals surface area contributed by atoms with E-state index in [4.69, 9.17) is 13.8 Å². The van der Waals surface area contributed by atoms with E-state index in [1.54, 1.807) is 0 Å². The molecule has 0 aromatic carbocycles. The van der Waals surface area contributed by atoms with E-state index < -0.39 is 26.6 Å². The fourth-order valence-corrected chi connectivity index (χ4v) is 8.29. The SMILES string of the molecule is CC/C=C\C/C=C\C/C=C\C/C=C\C/C=C\C/C=C\CCCCC(=O)NC(COP(=O)([O-])OCC[N+](C)(C)C)C(/C=C/CCCCCCCCCCCCC)OC(=O)CCCCCCC/C=C\CCCC. The largest absolute Gasteiger partial charge is 0.756 e. The van der Waals surface area contributed by atoms with Crippen LogP contribution in [0.2, 0.25) is 0 Å². The molecule has 1 amide bonds. The zero-order chi connectivity index (χ0) is 52.2. The first kappa shape index (κ1) is 67.9. The quantitative estimate of drug-likeness (QED) is 0.0212. The van der Waals surface area contributed by atoms with Crippen molar-refractivity contribution in [3.8, 4) is 0 Å². The Balaban J connectivity index is 5.41. The molecular formula is C61H107N2O7P. The van der Waals surface area contributed by atoms with Crippen molar-refractivity contribution in [2.45, 2.75) is 238 Å². The molecular weight excluding hydrogens is 904 g/mol. The van der Waals surface area contributed by atoms with Crippen molar-refractivity contribution in [1.29, 1.82) is 0 Å². The molecule has 0 saturated carbocycles. The number of esters is 1. The molecule has 0 heterocycles. The number of likely N-dealkylation sites (N-methyl/N-ethyl adjacent to an activating group) is 1. The number of allylic oxidation sites excluding steroid dienone is 15. The first-order chi connectivity index (χ1) is 34.4. The number of hydrogen-bond acceptors (Lipinski definition) is 7. The zero-order valence-corrected chi connectivity index (χ0v) is 47.3. The van der Waals surface area contributed by atoms with Crippen LogP contribution in [0.5, 0.6) is 0 Å². The highest BCUT2D eigenvalue weighted by Gasteiger charge is 2.27. The molecule has 0 spiro atoms. The summed E-state index contributed by atoms with van der Waals surface area (Å²) in [5.74, 6) is -0.610. The van der Waals surface area contributed by atoms with Gasteiger partial charge in [-0.2, -0.15) is 0 Å². The minimum atomic E-state index is -4.71. The number of hydrogen-bond donors (Lipinski definition) is 1. The van der Waals surface area contributed by atoms with Crippen LogP contribution in [-0.2, 0) is 27.9 Å². The van der Waals surface area contributed by atoms with Crippen LogP contribution in [-0.4, -0.2) is 69.4 Å². The fraction of sp³-hybridized carbons (Fsp3) is 0.705. The van der Waals surface area contributed by atoms with Gasteiger partial charge in [-0.25, -0.2) is 0 Å². The third-order valence-corrected chi connectivity index (χ3v) is 13.0. The van der Waals surface area contributed by atoms with Gasteiger partial charge in [0.2, 0.25) is 5.91 Å². The lowest BCUT2D eigenvalue weighted by Crippen LogP contribution is -2.47. The lowest BCUT2D eigenvalue weighted by Gasteiger charge is -2.30. The molecule has 0 rings (SSSR count). The third-order valence-electron chi connectivity index (χ3n) is 12.0. The van der Waals surface area contributed by atoms with E-state index in [9.17, 15) is 19.0 Å². The maximum absolute atomic E-state index is 13.5. The summed E-state index contributed by atoms with van der Waals surface area (Å²) in [6.07, 6.45) is 66.6. The summed E-state index contributed by atoms with van der Waals surface area (Å²) in [5, 5.41) is 2.99. The van der Waals surface area contributed by atoms with Crippen molar-refractivity contribution in [2.24, 2.45) is 0 Å². The molecule has 3 atom stereocenters. The summed E-state index contributed by atoms with van der Waals surface area (Å²) >= 11 is 0. The number of phosphoric acid groups is 1. The molecule has 3 unspecified atom stereocenters. The molecule has 0 bridgehead atoms. The number of quaternary nitrogens is 1. The molecule has 1 N–H and O–H groups in total. The predicted molar refractivity (Wildman–Crippen MR) is 302 cm³/mol. The number of carbonyl (C=O) groups is 2. The van der Waals surface area contributed by atoms with E-state index in [-0.39, 0.29) is 31.3 Å². The average molecular weight is 1010 g/mol. The highest BCUT2D eigenvalue weighted by molar-refractivity contribution is 7.45. The van der Waals surface area contributed by atoms with E-state index in [1.807, 2.05) is 33.3 Å². The molecule has 0 radical (unpaired) electrons. The normalized spacial score (nSPS) is 14.5. The van der Waals surface area contributed by atoms with E-state index in [2.05, 4.69) is 111 Å². The molecule has 71 heavy (non-hydrogen) atoms. The highest BCUT2D eigenvalue weighted by atomic mass is 31.2. The second-order valence-corrected chi connectivity index (χ2v) is 21.5. The maximum atomic E-state index is 13.5. The van der Waals surface area contributed by atoms with Gasteiger partial charge in [0, 0.05) is 12.8 Å². The molecule has 0 fully saturated rings. The lowest BCUT2D eigenvalue weighted by atomic mass is 10.0. The Morgan fingerprint density at radius 3 is 1.42 bits per heavy atom. The molecule has 0 aromatic rings. The van der Waals surface area contributed by atoms with Gasteiger partial charge in [0.25, 0.3) is 7.82 Å². The standard InChI is InChI=1S/C61H107N2O7P/c1-7-10-13-16-19-22-25-27-28-29-30-31-32-33-34-36-39-41-44-47-50-53-60(64)62-58(57-69-71(66,67)68-56-55-63(4,5)6)59(52-49-46-43-40-38-35-26-23-20-17-14-11-8-2)70-61(65)54-51-48-45-42-37-24-21-18-15-12-9-3/h10,13,18-19,21-22,27-28,30-31,33-34,39,41,49,52,58-59H,7-9,11-12,14-17,20,23-26,29,32,35-38,40,42-48,50-51,53-57H2,1-6H3,(H-,62,64,66,67)/b13-10-,21-18-,22-19-,28-27-,31-30-,34-33-,41-39-,52-49+. The number of nitrogens with one attached hydrogen (secondary N) is 1. The van der Waals surface area contributed by atoms with Crippen LogP contribution in [0.15, 0.2) is 97.2 Å². The van der Waals surface area contributed by atoms with E-state index in [1.165, 1.54) is 70.6 Å². The molecule has 0 aliphatic heterocycles. The summed E-state index contributed by atoms with van der Waals surface area (Å²) in [4.78, 5) is 39.8. The average Bonchev–Trinajstić information content (AvgIpc) is 3.33. The number of rotatable bonds is 50. The second kappa shape index (κ2) is 50.5. The Kier molecular flexibility index (Phi) is 48.3. The van der Waals surface area contributed by atoms with E-state index in [0.717, 1.165) is 109 Å². The highest BCUT2D eigenvalue weighted by Crippen LogP contribution is 2.38. The Hall–Kier alpha value is -3.07. The summed E-state index contributed by atoms with van der Waals surface area (Å²) in [5.41, 5.74) is 0. The monoisotopic (exact) mass is 1010 g/mol. The molecule has 0 aliphatic carbocycles. The van der Waals surface area contributed by atoms with Crippen molar-refractivity contribution in [3.63, 3.8) is 0 Å². The van der Waals surface area contributed by atoms with Gasteiger partial charge in [0.1, 0.15) is 19.3 Å². The smallest absolute Gasteiger partial charge is 0.306 e. The number of carbonyl (C=O) groups excluding carboxylic acids is 2. The van der Waals surface area contributed by atoms with Crippen LogP contribution >= 0.6 is 7.82 Å². The first-order valence-electron chi connectivity index (χ1n) is 28.5. The zero-order valence-electron chi connectivity index (χ0n) is 46.4. The van der Waals surface area contributed by atoms with Crippen molar-refractivity contribution < 1.29 is 37.3 Å². The fourth-order valence-electron chi connectivity index (χ4n) is 7.56. The number of ether oxygens (including phenoxy) is 1. The minimum absolute atomic E-state index is 0.0367. The Morgan fingerprint density at radius 1 is 0.507 bits per heavy atom. The van der Waals surface area contributed by atoms with Crippen molar-refractivity contribution in [2.75, 3.05) is 40.9 Å². The second-order valence-electron chi connectivity index (χ2n) is 20.1. The number of unbranched alkanes of at least 4 members (excludes halogenated alkanes) is 20. The van der Waals surface area contributed by atoms with Crippen LogP contribution in [0.3, 0.4) is 0 Å². The minimum Gasteiger partial charge on any atom is -0.756 e. The van der Waals surface area contributed by atoms with Gasteiger partial charge in [-0.05, 0) is 102 Å². The van der Waals surface area contributed by atoms with Gasteiger partial charge < -0.3 is 28.5 Å². The van der Waals surface area contributed by atoms with Crippen LogP contribution in [0.25, 0.3) is 0 Å². The van der Waals surface area contributed by atoms with Gasteiger partial charge in [-0.1, -0.05) is 208 Å². The number of phosphoric ester groups is 1. The van der Waals surface area contributed by atoms with Gasteiger partial charge in [0.05, 0.1) is 33.8 Å². The predicted octanol–water partition coefficient (Wildman–Crippen LogP) is 16.6. The van der Waals surface area contributed by atoms with Gasteiger partial charge in [0.15, 0.2) is 0 Å². The summed E-state index contributed by atoms with van der Waals surface area (Å²) in [6.45, 7) is 6.63. The van der Waals surface area contributed by atoms with Crippen LogP contribution < -0.4 is 10.2 Å². The van der Waals surface area contributed by atoms with Gasteiger partial charge >= 0.3 is 5.97 Å².